The van der Waals surface area contributed by atoms with Crippen LogP contribution < -0.4 is 0 Å². The predicted molar refractivity (Wildman–Crippen MR) is 73.0 cm³/mol. The minimum Gasteiger partial charge on any atom is -0.370 e. The minimum absolute atomic E-state index is 0.173. The normalized spacial score (nSPS) is 23.3. The van der Waals surface area contributed by atoms with Gasteiger partial charge in [0.05, 0.1) is 0 Å². The average molecular weight is 246 g/mol. The van der Waals surface area contributed by atoms with E-state index in [0.29, 0.717) is 12.5 Å². The van der Waals surface area contributed by atoms with E-state index in [9.17, 15) is 4.79 Å². The Hall–Kier alpha value is -1.15. The molecule has 1 saturated heterocycles. The van der Waals surface area contributed by atoms with Crippen molar-refractivity contribution in [3.05, 3.63) is 34.9 Å². The fourth-order valence-corrected chi connectivity index (χ4v) is 2.57. The van der Waals surface area contributed by atoms with Gasteiger partial charge < -0.3 is 4.74 Å². The number of carbonyl (C=O) groups excluding carboxylic acids is 1. The summed E-state index contributed by atoms with van der Waals surface area (Å²) < 4.78 is 5.60. The Bertz CT molecular complexity index is 437. The van der Waals surface area contributed by atoms with Gasteiger partial charge in [-0.1, -0.05) is 32.9 Å². The van der Waals surface area contributed by atoms with Gasteiger partial charge in [0, 0.05) is 12.2 Å². The lowest BCUT2D eigenvalue weighted by Crippen LogP contribution is -2.26. The van der Waals surface area contributed by atoms with Gasteiger partial charge in [-0.15, -0.1) is 0 Å². The number of hydrogen-bond acceptors (Lipinski definition) is 2. The third kappa shape index (κ3) is 2.49. The molecule has 18 heavy (non-hydrogen) atoms. The molecular formula is C16H22O2. The quantitative estimate of drug-likeness (QED) is 0.761. The molecule has 0 N–H and O–H groups in total. The van der Waals surface area contributed by atoms with Gasteiger partial charge in [0.25, 0.3) is 0 Å². The molecule has 0 amide bonds. The average Bonchev–Trinajstić information content (AvgIpc) is 2.83. The Balaban J connectivity index is 2.33. The molecule has 98 valence electrons. The highest BCUT2D eigenvalue weighted by Gasteiger charge is 2.32. The topological polar surface area (TPSA) is 26.3 Å². The van der Waals surface area contributed by atoms with Crippen molar-refractivity contribution < 1.29 is 9.53 Å². The van der Waals surface area contributed by atoms with Gasteiger partial charge in [0.2, 0.25) is 0 Å². The molecule has 2 heteroatoms. The summed E-state index contributed by atoms with van der Waals surface area (Å²) in [6, 6.07) is 6.26. The van der Waals surface area contributed by atoms with Crippen LogP contribution in [0, 0.1) is 5.92 Å². The summed E-state index contributed by atoms with van der Waals surface area (Å²) in [5.41, 5.74) is 3.23. The van der Waals surface area contributed by atoms with E-state index in [4.69, 9.17) is 4.74 Å². The molecule has 2 nitrogen and oxygen atoms in total. The van der Waals surface area contributed by atoms with Crippen LogP contribution in [0.3, 0.4) is 0 Å². The highest BCUT2D eigenvalue weighted by molar-refractivity contribution is 6.01. The number of ketones is 1. The monoisotopic (exact) mass is 246 g/mol. The maximum Gasteiger partial charge on any atom is 0.192 e. The fourth-order valence-electron chi connectivity index (χ4n) is 2.57. The Kier molecular flexibility index (Phi) is 4.18. The van der Waals surface area contributed by atoms with Gasteiger partial charge in [-0.3, -0.25) is 4.79 Å². The van der Waals surface area contributed by atoms with Crippen molar-refractivity contribution in [3.8, 4) is 0 Å². The number of benzene rings is 1. The van der Waals surface area contributed by atoms with E-state index in [1.807, 2.05) is 0 Å². The molecule has 0 aliphatic carbocycles. The molecule has 0 spiro atoms. The van der Waals surface area contributed by atoms with Crippen molar-refractivity contribution in [3.63, 3.8) is 0 Å². The number of ether oxygens (including phenoxy) is 1. The lowest BCUT2D eigenvalue weighted by molar-refractivity contribution is 0.0578. The van der Waals surface area contributed by atoms with Crippen LogP contribution in [0.25, 0.3) is 0 Å². The summed E-state index contributed by atoms with van der Waals surface area (Å²) in [5, 5.41) is 0. The first-order valence-corrected chi connectivity index (χ1v) is 6.95. The maximum absolute atomic E-state index is 12.6. The standard InChI is InChI=1S/C16H22O2/c1-4-12-6-7-13(5-2)14(10-12)15(17)16-11(3)8-9-18-16/h6-7,10-11,16H,4-5,8-9H2,1-3H3. The van der Waals surface area contributed by atoms with Gasteiger partial charge in [-0.05, 0) is 42.4 Å². The molecule has 1 aliphatic heterocycles. The van der Waals surface area contributed by atoms with Crippen molar-refractivity contribution in [2.24, 2.45) is 5.92 Å². The van der Waals surface area contributed by atoms with E-state index in [-0.39, 0.29) is 11.9 Å². The Morgan fingerprint density at radius 1 is 1.33 bits per heavy atom. The lowest BCUT2D eigenvalue weighted by Gasteiger charge is -2.16. The predicted octanol–water partition coefficient (Wildman–Crippen LogP) is 3.42. The highest BCUT2D eigenvalue weighted by Crippen LogP contribution is 2.25. The van der Waals surface area contributed by atoms with Crippen molar-refractivity contribution in [2.75, 3.05) is 6.61 Å². The van der Waals surface area contributed by atoms with Gasteiger partial charge in [0.15, 0.2) is 5.78 Å². The molecule has 0 aromatic heterocycles. The van der Waals surface area contributed by atoms with E-state index in [1.165, 1.54) is 5.56 Å². The van der Waals surface area contributed by atoms with Crippen LogP contribution in [0.15, 0.2) is 18.2 Å². The molecule has 0 bridgehead atoms. The smallest absolute Gasteiger partial charge is 0.192 e. The van der Waals surface area contributed by atoms with Gasteiger partial charge in [0.1, 0.15) is 6.10 Å². The number of aryl methyl sites for hydroxylation is 2. The van der Waals surface area contributed by atoms with E-state index < -0.39 is 0 Å². The van der Waals surface area contributed by atoms with Gasteiger partial charge >= 0.3 is 0 Å². The van der Waals surface area contributed by atoms with E-state index in [1.54, 1.807) is 0 Å². The van der Waals surface area contributed by atoms with E-state index in [0.717, 1.165) is 30.4 Å². The van der Waals surface area contributed by atoms with Crippen molar-refractivity contribution in [1.82, 2.24) is 0 Å². The lowest BCUT2D eigenvalue weighted by atomic mass is 9.91. The second-order valence-corrected chi connectivity index (χ2v) is 5.12. The zero-order valence-corrected chi connectivity index (χ0v) is 11.5. The second kappa shape index (κ2) is 5.66. The van der Waals surface area contributed by atoms with Gasteiger partial charge in [-0.25, -0.2) is 0 Å². The maximum atomic E-state index is 12.6. The molecule has 2 rings (SSSR count). The third-order valence-corrected chi connectivity index (χ3v) is 3.87. The summed E-state index contributed by atoms with van der Waals surface area (Å²) in [6.07, 6.45) is 2.62. The summed E-state index contributed by atoms with van der Waals surface area (Å²) >= 11 is 0. The van der Waals surface area contributed by atoms with Gasteiger partial charge in [-0.2, -0.15) is 0 Å². The van der Waals surface area contributed by atoms with E-state index in [2.05, 4.69) is 39.0 Å². The van der Waals surface area contributed by atoms with Crippen LogP contribution in [0.2, 0.25) is 0 Å². The molecule has 0 saturated carbocycles. The molecule has 1 aromatic carbocycles. The second-order valence-electron chi connectivity index (χ2n) is 5.12. The third-order valence-electron chi connectivity index (χ3n) is 3.87. The number of carbonyl (C=O) groups is 1. The SMILES string of the molecule is CCc1ccc(CC)c(C(=O)C2OCCC2C)c1. The fraction of sp³-hybridized carbons (Fsp3) is 0.562. The van der Waals surface area contributed by atoms with Crippen LogP contribution in [-0.2, 0) is 17.6 Å². The molecule has 1 aliphatic rings. The van der Waals surface area contributed by atoms with Crippen LogP contribution in [0.1, 0.15) is 48.7 Å². The largest absolute Gasteiger partial charge is 0.370 e. The zero-order valence-electron chi connectivity index (χ0n) is 11.5. The Labute approximate surface area is 109 Å². The molecule has 1 fully saturated rings. The summed E-state index contributed by atoms with van der Waals surface area (Å²) in [6.45, 7) is 7.03. The van der Waals surface area contributed by atoms with E-state index >= 15 is 0 Å². The first-order valence-electron chi connectivity index (χ1n) is 6.95. The summed E-state index contributed by atoms with van der Waals surface area (Å²) in [7, 11) is 0. The molecule has 1 aromatic rings. The van der Waals surface area contributed by atoms with Crippen molar-refractivity contribution in [1.29, 1.82) is 0 Å². The number of hydrogen-bond donors (Lipinski definition) is 0. The molecule has 2 unspecified atom stereocenters. The first-order chi connectivity index (χ1) is 8.67. The Morgan fingerprint density at radius 2 is 2.11 bits per heavy atom. The van der Waals surface area contributed by atoms with Crippen LogP contribution in [0.5, 0.6) is 0 Å². The molecule has 0 radical (unpaired) electrons. The summed E-state index contributed by atoms with van der Waals surface area (Å²) in [4.78, 5) is 12.6. The van der Waals surface area contributed by atoms with Crippen molar-refractivity contribution in [2.45, 2.75) is 46.1 Å². The van der Waals surface area contributed by atoms with Crippen LogP contribution in [-0.4, -0.2) is 18.5 Å². The number of Topliss-reactive ketones (excluding diaryl/α,β-unsaturated/α-hetero) is 1. The molecule has 2 atom stereocenters. The first kappa shape index (κ1) is 13.3. The van der Waals surface area contributed by atoms with Crippen LogP contribution >= 0.6 is 0 Å². The minimum atomic E-state index is -0.234. The summed E-state index contributed by atoms with van der Waals surface area (Å²) in [5.74, 6) is 0.514. The molecular weight excluding hydrogens is 224 g/mol. The zero-order chi connectivity index (χ0) is 13.1. The Morgan fingerprint density at radius 3 is 2.67 bits per heavy atom. The highest BCUT2D eigenvalue weighted by atomic mass is 16.5. The molecule has 1 heterocycles. The number of rotatable bonds is 4. The van der Waals surface area contributed by atoms with Crippen LogP contribution in [0.4, 0.5) is 0 Å². The van der Waals surface area contributed by atoms with Crippen molar-refractivity contribution >= 4 is 5.78 Å².